The number of para-hydroxylation sites is 1. The summed E-state index contributed by atoms with van der Waals surface area (Å²) in [6.45, 7) is 4.32. The molecule has 0 aliphatic rings. The summed E-state index contributed by atoms with van der Waals surface area (Å²) in [5.74, 6) is -0.991. The Bertz CT molecular complexity index is 984. The fraction of sp³-hybridized carbons (Fsp3) is 0.292. The highest BCUT2D eigenvalue weighted by atomic mass is 19.1. The molecule has 0 amide bonds. The first-order chi connectivity index (χ1) is 13.5. The Hall–Kier alpha value is -2.88. The van der Waals surface area contributed by atoms with E-state index in [9.17, 15) is 9.18 Å². The molecule has 0 aliphatic carbocycles. The monoisotopic (exact) mass is 379 g/mol. The van der Waals surface area contributed by atoms with Crippen molar-refractivity contribution in [3.63, 3.8) is 0 Å². The number of nitrogens with zero attached hydrogens (tertiary/aromatic N) is 1. The third kappa shape index (κ3) is 4.33. The molecule has 28 heavy (non-hydrogen) atoms. The average Bonchev–Trinajstić information content (AvgIpc) is 2.99. The normalized spacial score (nSPS) is 11.7. The summed E-state index contributed by atoms with van der Waals surface area (Å²) >= 11 is 0. The smallest absolute Gasteiger partial charge is 0.303 e. The second kappa shape index (κ2) is 8.87. The Kier molecular flexibility index (Phi) is 6.30. The van der Waals surface area contributed by atoms with E-state index in [1.54, 1.807) is 0 Å². The molecule has 1 aromatic heterocycles. The van der Waals surface area contributed by atoms with Gasteiger partial charge in [0.1, 0.15) is 5.82 Å². The Balaban J connectivity index is 2.03. The summed E-state index contributed by atoms with van der Waals surface area (Å²) in [5.41, 5.74) is 4.34. The van der Waals surface area contributed by atoms with Gasteiger partial charge in [-0.2, -0.15) is 0 Å². The summed E-state index contributed by atoms with van der Waals surface area (Å²) in [6, 6.07) is 15.2. The molecule has 0 fully saturated rings. The van der Waals surface area contributed by atoms with Gasteiger partial charge in [0.05, 0.1) is 0 Å². The Morgan fingerprint density at radius 3 is 2.50 bits per heavy atom. The molecule has 4 heteroatoms. The van der Waals surface area contributed by atoms with E-state index in [1.807, 2.05) is 24.3 Å². The van der Waals surface area contributed by atoms with Gasteiger partial charge in [-0.25, -0.2) is 4.39 Å². The lowest BCUT2D eigenvalue weighted by atomic mass is 10.0. The number of carbonyl (C=O) groups is 1. The molecule has 0 unspecified atom stereocenters. The lowest BCUT2D eigenvalue weighted by molar-refractivity contribution is -0.137. The average molecular weight is 379 g/mol. The van der Waals surface area contributed by atoms with Crippen molar-refractivity contribution in [3.05, 3.63) is 66.1 Å². The number of hydrogen-bond acceptors (Lipinski definition) is 1. The molecular weight excluding hydrogens is 353 g/mol. The Labute approximate surface area is 165 Å². The zero-order chi connectivity index (χ0) is 20.1. The van der Waals surface area contributed by atoms with Crippen LogP contribution in [0.3, 0.4) is 0 Å². The number of rotatable bonds is 8. The maximum atomic E-state index is 13.5. The Morgan fingerprint density at radius 2 is 1.82 bits per heavy atom. The molecule has 2 aromatic carbocycles. The van der Waals surface area contributed by atoms with Gasteiger partial charge in [0.2, 0.25) is 0 Å². The summed E-state index contributed by atoms with van der Waals surface area (Å²) in [7, 11) is 0. The molecule has 146 valence electrons. The van der Waals surface area contributed by atoms with Crippen molar-refractivity contribution < 1.29 is 14.3 Å². The van der Waals surface area contributed by atoms with Crippen LogP contribution in [-0.2, 0) is 4.79 Å². The van der Waals surface area contributed by atoms with Crippen LogP contribution in [0.15, 0.2) is 54.6 Å². The first kappa shape index (κ1) is 19.9. The molecule has 3 rings (SSSR count). The molecule has 0 bridgehead atoms. The van der Waals surface area contributed by atoms with Gasteiger partial charge in [-0.3, -0.25) is 4.79 Å². The molecule has 0 atom stereocenters. The summed E-state index contributed by atoms with van der Waals surface area (Å²) in [4.78, 5) is 10.6. The molecule has 1 N–H and O–H groups in total. The van der Waals surface area contributed by atoms with Gasteiger partial charge in [-0.05, 0) is 62.9 Å². The lowest BCUT2D eigenvalue weighted by Crippen LogP contribution is -2.02. The van der Waals surface area contributed by atoms with Gasteiger partial charge < -0.3 is 9.67 Å². The number of carboxylic acids is 1. The van der Waals surface area contributed by atoms with E-state index >= 15 is 0 Å². The highest BCUT2D eigenvalue weighted by molar-refractivity contribution is 6.01. The van der Waals surface area contributed by atoms with E-state index in [0.717, 1.165) is 40.6 Å². The molecule has 0 radical (unpaired) electrons. The van der Waals surface area contributed by atoms with Gasteiger partial charge in [0.25, 0.3) is 0 Å². The maximum absolute atomic E-state index is 13.5. The van der Waals surface area contributed by atoms with Crippen molar-refractivity contribution in [2.45, 2.75) is 45.6 Å². The van der Waals surface area contributed by atoms with Crippen LogP contribution in [0.5, 0.6) is 0 Å². The number of carboxylic acid groups (broad SMARTS) is 1. The van der Waals surface area contributed by atoms with Crippen LogP contribution in [0.4, 0.5) is 4.39 Å². The van der Waals surface area contributed by atoms with Crippen LogP contribution >= 0.6 is 0 Å². The SMILES string of the molecule is CC(C)n1c(C=CCCCCC(=O)O)c(-c2ccc(F)cc2)c2ccccc21. The molecule has 0 saturated heterocycles. The fourth-order valence-electron chi connectivity index (χ4n) is 3.66. The number of benzene rings is 2. The van der Waals surface area contributed by atoms with E-state index in [-0.39, 0.29) is 18.3 Å². The standard InChI is InChI=1S/C24H26FNO2/c1-17(2)26-21-10-8-7-9-20(21)24(18-13-15-19(25)16-14-18)22(26)11-5-3-4-6-12-23(27)28/h5,7-11,13-17H,3-4,6,12H2,1-2H3,(H,27,28). The number of fused-ring (bicyclic) bond motifs is 1. The van der Waals surface area contributed by atoms with Crippen LogP contribution in [0.2, 0.25) is 0 Å². The van der Waals surface area contributed by atoms with Gasteiger partial charge in [-0.15, -0.1) is 0 Å². The van der Waals surface area contributed by atoms with Gasteiger partial charge >= 0.3 is 5.97 Å². The van der Waals surface area contributed by atoms with E-state index < -0.39 is 5.97 Å². The van der Waals surface area contributed by atoms with Crippen LogP contribution in [0, 0.1) is 5.82 Å². The van der Waals surface area contributed by atoms with Crippen molar-refractivity contribution in [1.29, 1.82) is 0 Å². The maximum Gasteiger partial charge on any atom is 0.303 e. The summed E-state index contributed by atoms with van der Waals surface area (Å²) in [6.07, 6.45) is 6.80. The third-order valence-corrected chi connectivity index (χ3v) is 4.89. The second-order valence-corrected chi connectivity index (χ2v) is 7.29. The molecule has 0 saturated carbocycles. The molecule has 1 heterocycles. The van der Waals surface area contributed by atoms with E-state index in [0.29, 0.717) is 6.42 Å². The Morgan fingerprint density at radius 1 is 1.11 bits per heavy atom. The van der Waals surface area contributed by atoms with Crippen molar-refractivity contribution in [3.8, 4) is 11.1 Å². The third-order valence-electron chi connectivity index (χ3n) is 4.89. The largest absolute Gasteiger partial charge is 0.481 e. The minimum absolute atomic E-state index is 0.209. The van der Waals surface area contributed by atoms with Crippen molar-refractivity contribution in [2.75, 3.05) is 0 Å². The van der Waals surface area contributed by atoms with Crippen LogP contribution in [-0.4, -0.2) is 15.6 Å². The van der Waals surface area contributed by atoms with Gasteiger partial charge in [-0.1, -0.05) is 36.4 Å². The quantitative estimate of drug-likeness (QED) is 0.443. The number of hydrogen-bond donors (Lipinski definition) is 1. The van der Waals surface area contributed by atoms with E-state index in [2.05, 4.69) is 42.7 Å². The first-order valence-corrected chi connectivity index (χ1v) is 9.76. The van der Waals surface area contributed by atoms with Crippen molar-refractivity contribution in [2.24, 2.45) is 0 Å². The number of aliphatic carboxylic acids is 1. The summed E-state index contributed by atoms with van der Waals surface area (Å²) in [5, 5.41) is 9.91. The van der Waals surface area contributed by atoms with Crippen molar-refractivity contribution in [1.82, 2.24) is 4.57 Å². The number of unbranched alkanes of at least 4 members (excludes halogenated alkanes) is 2. The van der Waals surface area contributed by atoms with Crippen LogP contribution < -0.4 is 0 Å². The predicted molar refractivity (Wildman–Crippen MR) is 113 cm³/mol. The van der Waals surface area contributed by atoms with Gasteiger partial charge in [0, 0.05) is 34.6 Å². The molecule has 3 nitrogen and oxygen atoms in total. The zero-order valence-electron chi connectivity index (χ0n) is 16.4. The topological polar surface area (TPSA) is 42.2 Å². The summed E-state index contributed by atoms with van der Waals surface area (Å²) < 4.78 is 15.8. The molecule has 0 spiro atoms. The lowest BCUT2D eigenvalue weighted by Gasteiger charge is -2.13. The second-order valence-electron chi connectivity index (χ2n) is 7.29. The van der Waals surface area contributed by atoms with E-state index in [4.69, 9.17) is 5.11 Å². The number of allylic oxidation sites excluding steroid dienone is 1. The van der Waals surface area contributed by atoms with Crippen LogP contribution in [0.1, 0.15) is 51.3 Å². The molecular formula is C24H26FNO2. The zero-order valence-corrected chi connectivity index (χ0v) is 16.4. The first-order valence-electron chi connectivity index (χ1n) is 9.76. The fourth-order valence-corrected chi connectivity index (χ4v) is 3.66. The minimum Gasteiger partial charge on any atom is -0.481 e. The number of aromatic nitrogens is 1. The number of halogens is 1. The molecule has 0 aliphatic heterocycles. The highest BCUT2D eigenvalue weighted by Crippen LogP contribution is 2.37. The van der Waals surface area contributed by atoms with E-state index in [1.165, 1.54) is 12.1 Å². The molecule has 3 aromatic rings. The minimum atomic E-state index is -0.748. The van der Waals surface area contributed by atoms with Gasteiger partial charge in [0.15, 0.2) is 0 Å². The highest BCUT2D eigenvalue weighted by Gasteiger charge is 2.18. The van der Waals surface area contributed by atoms with Crippen LogP contribution in [0.25, 0.3) is 28.1 Å². The van der Waals surface area contributed by atoms with Crippen molar-refractivity contribution >= 4 is 22.9 Å². The predicted octanol–water partition coefficient (Wildman–Crippen LogP) is 6.69.